The number of rotatable bonds is 8. The summed E-state index contributed by atoms with van der Waals surface area (Å²) in [6, 6.07) is 6.79. The van der Waals surface area contributed by atoms with Crippen LogP contribution in [0.3, 0.4) is 0 Å². The van der Waals surface area contributed by atoms with Gasteiger partial charge in [-0.1, -0.05) is 52.7 Å². The molecule has 4 nitrogen and oxygen atoms in total. The lowest BCUT2D eigenvalue weighted by Gasteiger charge is -2.17. The van der Waals surface area contributed by atoms with Gasteiger partial charge in [0, 0.05) is 12.8 Å². The number of unbranched alkanes of at least 4 members (excludes halogenated alkanes) is 2. The van der Waals surface area contributed by atoms with Gasteiger partial charge in [0.1, 0.15) is 0 Å². The minimum Gasteiger partial charge on any atom is -0.423 e. The maximum absolute atomic E-state index is 11.9. The Hall–Kier alpha value is -1.84. The lowest BCUT2D eigenvalue weighted by molar-refractivity contribution is -0.137. The molecule has 0 saturated carbocycles. The van der Waals surface area contributed by atoms with E-state index < -0.39 is 0 Å². The summed E-state index contributed by atoms with van der Waals surface area (Å²) >= 11 is 0. The number of benzene rings is 1. The molecular formula is C19H28O4. The largest absolute Gasteiger partial charge is 0.423 e. The van der Waals surface area contributed by atoms with Crippen LogP contribution >= 0.6 is 0 Å². The number of esters is 2. The molecule has 128 valence electrons. The molecule has 0 aromatic heterocycles. The number of carbonyl (C=O) groups excluding carboxylic acids is 2. The van der Waals surface area contributed by atoms with Crippen LogP contribution in [0, 0.1) is 5.41 Å². The number of ether oxygens (including phenoxy) is 2. The molecule has 0 fully saturated rings. The van der Waals surface area contributed by atoms with Gasteiger partial charge in [-0.05, 0) is 30.4 Å². The molecule has 0 amide bonds. The Labute approximate surface area is 139 Å². The van der Waals surface area contributed by atoms with Crippen LogP contribution < -0.4 is 9.47 Å². The summed E-state index contributed by atoms with van der Waals surface area (Å²) in [5.74, 6) is -0.000551. The van der Waals surface area contributed by atoms with Crippen molar-refractivity contribution in [3.63, 3.8) is 0 Å². The number of hydrogen-bond acceptors (Lipinski definition) is 4. The summed E-state index contributed by atoms with van der Waals surface area (Å²) in [6.45, 7) is 8.31. The smallest absolute Gasteiger partial charge is 0.311 e. The Balaban J connectivity index is 2.59. The second-order valence-corrected chi connectivity index (χ2v) is 6.91. The highest BCUT2D eigenvalue weighted by atomic mass is 16.6. The highest BCUT2D eigenvalue weighted by Crippen LogP contribution is 2.28. The fraction of sp³-hybridized carbons (Fsp3) is 0.579. The van der Waals surface area contributed by atoms with Crippen LogP contribution in [-0.4, -0.2) is 11.9 Å². The van der Waals surface area contributed by atoms with Crippen molar-refractivity contribution in [3.05, 3.63) is 24.3 Å². The van der Waals surface area contributed by atoms with Gasteiger partial charge in [-0.25, -0.2) is 0 Å². The molecule has 0 heterocycles. The van der Waals surface area contributed by atoms with Gasteiger partial charge in [0.15, 0.2) is 11.5 Å². The Morgan fingerprint density at radius 1 is 0.913 bits per heavy atom. The maximum Gasteiger partial charge on any atom is 0.311 e. The fourth-order valence-corrected chi connectivity index (χ4v) is 1.96. The molecule has 1 aromatic carbocycles. The normalized spacial score (nSPS) is 11.1. The predicted molar refractivity (Wildman–Crippen MR) is 90.5 cm³/mol. The van der Waals surface area contributed by atoms with Gasteiger partial charge < -0.3 is 9.47 Å². The molecule has 23 heavy (non-hydrogen) atoms. The second-order valence-electron chi connectivity index (χ2n) is 6.91. The SMILES string of the molecule is CCCCCC(=O)Oc1ccccc1OC(=O)CCC(C)(C)C. The Morgan fingerprint density at radius 3 is 1.91 bits per heavy atom. The van der Waals surface area contributed by atoms with Gasteiger partial charge in [-0.15, -0.1) is 0 Å². The van der Waals surface area contributed by atoms with Gasteiger partial charge in [0.05, 0.1) is 0 Å². The minimum atomic E-state index is -0.311. The first-order valence-electron chi connectivity index (χ1n) is 8.32. The van der Waals surface area contributed by atoms with Crippen molar-refractivity contribution in [2.24, 2.45) is 5.41 Å². The van der Waals surface area contributed by atoms with Crippen molar-refractivity contribution in [2.45, 2.75) is 66.2 Å². The molecular weight excluding hydrogens is 292 g/mol. The van der Waals surface area contributed by atoms with E-state index in [9.17, 15) is 9.59 Å². The highest BCUT2D eigenvalue weighted by Gasteiger charge is 2.16. The van der Waals surface area contributed by atoms with Crippen LogP contribution in [-0.2, 0) is 9.59 Å². The minimum absolute atomic E-state index is 0.0737. The summed E-state index contributed by atoms with van der Waals surface area (Å²) in [4.78, 5) is 23.8. The average Bonchev–Trinajstić information content (AvgIpc) is 2.47. The van der Waals surface area contributed by atoms with Gasteiger partial charge in [-0.3, -0.25) is 9.59 Å². The molecule has 0 bridgehead atoms. The van der Waals surface area contributed by atoms with E-state index in [1.54, 1.807) is 24.3 Å². The third-order valence-electron chi connectivity index (χ3n) is 3.36. The zero-order chi connectivity index (χ0) is 17.3. The molecule has 0 aliphatic heterocycles. The van der Waals surface area contributed by atoms with E-state index in [1.165, 1.54) is 0 Å². The van der Waals surface area contributed by atoms with E-state index in [1.807, 2.05) is 0 Å². The van der Waals surface area contributed by atoms with Crippen molar-refractivity contribution < 1.29 is 19.1 Å². The topological polar surface area (TPSA) is 52.6 Å². The molecule has 0 atom stereocenters. The Kier molecular flexibility index (Phi) is 7.79. The van der Waals surface area contributed by atoms with Gasteiger partial charge in [-0.2, -0.15) is 0 Å². The summed E-state index contributed by atoms with van der Waals surface area (Å²) in [6.07, 6.45) is 4.31. The monoisotopic (exact) mass is 320 g/mol. The first-order valence-corrected chi connectivity index (χ1v) is 8.32. The zero-order valence-corrected chi connectivity index (χ0v) is 14.7. The molecule has 0 aliphatic rings. The predicted octanol–water partition coefficient (Wildman–Crippen LogP) is 4.90. The van der Waals surface area contributed by atoms with E-state index in [0.29, 0.717) is 24.3 Å². The lowest BCUT2D eigenvalue weighted by atomic mass is 9.91. The van der Waals surface area contributed by atoms with Crippen molar-refractivity contribution in [2.75, 3.05) is 0 Å². The molecule has 0 radical (unpaired) electrons. The average molecular weight is 320 g/mol. The number of hydrogen-bond donors (Lipinski definition) is 0. The quantitative estimate of drug-likeness (QED) is 0.388. The third kappa shape index (κ3) is 8.38. The Morgan fingerprint density at radius 2 is 1.43 bits per heavy atom. The van der Waals surface area contributed by atoms with Crippen molar-refractivity contribution >= 4 is 11.9 Å². The van der Waals surface area contributed by atoms with Crippen LogP contribution in [0.1, 0.15) is 66.2 Å². The van der Waals surface area contributed by atoms with Crippen LogP contribution in [0.2, 0.25) is 0 Å². The van der Waals surface area contributed by atoms with E-state index >= 15 is 0 Å². The number of para-hydroxylation sites is 2. The molecule has 0 aliphatic carbocycles. The molecule has 1 rings (SSSR count). The Bertz CT molecular complexity index is 514. The van der Waals surface area contributed by atoms with Crippen LogP contribution in [0.15, 0.2) is 24.3 Å². The van der Waals surface area contributed by atoms with E-state index in [0.717, 1.165) is 25.7 Å². The summed E-state index contributed by atoms with van der Waals surface area (Å²) in [5, 5.41) is 0. The molecule has 0 unspecified atom stereocenters. The van der Waals surface area contributed by atoms with Crippen LogP contribution in [0.25, 0.3) is 0 Å². The van der Waals surface area contributed by atoms with E-state index in [2.05, 4.69) is 27.7 Å². The highest BCUT2D eigenvalue weighted by molar-refractivity contribution is 5.76. The zero-order valence-electron chi connectivity index (χ0n) is 14.7. The first-order chi connectivity index (χ1) is 10.8. The molecule has 0 N–H and O–H groups in total. The molecule has 0 saturated heterocycles. The van der Waals surface area contributed by atoms with Crippen molar-refractivity contribution in [3.8, 4) is 11.5 Å². The molecule has 4 heteroatoms. The van der Waals surface area contributed by atoms with Crippen molar-refractivity contribution in [1.82, 2.24) is 0 Å². The van der Waals surface area contributed by atoms with Crippen molar-refractivity contribution in [1.29, 1.82) is 0 Å². The fourth-order valence-electron chi connectivity index (χ4n) is 1.96. The van der Waals surface area contributed by atoms with E-state index in [-0.39, 0.29) is 17.4 Å². The molecule has 0 spiro atoms. The van der Waals surface area contributed by atoms with Crippen LogP contribution in [0.4, 0.5) is 0 Å². The lowest BCUT2D eigenvalue weighted by Crippen LogP contribution is -2.14. The first kappa shape index (κ1) is 19.2. The molecule has 1 aromatic rings. The van der Waals surface area contributed by atoms with E-state index in [4.69, 9.17) is 9.47 Å². The summed E-state index contributed by atoms with van der Waals surface area (Å²) < 4.78 is 10.7. The van der Waals surface area contributed by atoms with Gasteiger partial charge >= 0.3 is 11.9 Å². The standard InChI is InChI=1S/C19H28O4/c1-5-6-7-12-17(20)22-15-10-8-9-11-16(15)23-18(21)13-14-19(2,3)4/h8-11H,5-7,12-14H2,1-4H3. The third-order valence-corrected chi connectivity index (χ3v) is 3.36. The van der Waals surface area contributed by atoms with Crippen LogP contribution in [0.5, 0.6) is 11.5 Å². The summed E-state index contributed by atoms with van der Waals surface area (Å²) in [5.41, 5.74) is 0.0737. The number of carbonyl (C=O) groups is 2. The van der Waals surface area contributed by atoms with Gasteiger partial charge in [0.2, 0.25) is 0 Å². The summed E-state index contributed by atoms with van der Waals surface area (Å²) in [7, 11) is 0. The van der Waals surface area contributed by atoms with Gasteiger partial charge in [0.25, 0.3) is 0 Å². The second kappa shape index (κ2) is 9.33. The maximum atomic E-state index is 11.9.